The summed E-state index contributed by atoms with van der Waals surface area (Å²) in [5.74, 6) is 0.579. The third-order valence-electron chi connectivity index (χ3n) is 3.87. The van der Waals surface area contributed by atoms with E-state index in [0.717, 1.165) is 29.8 Å². The van der Waals surface area contributed by atoms with Gasteiger partial charge in [-0.2, -0.15) is 0 Å². The molecular formula is C15H18N4O. The summed E-state index contributed by atoms with van der Waals surface area (Å²) in [5.41, 5.74) is 9.03. The second kappa shape index (κ2) is 5.56. The third-order valence-corrected chi connectivity index (χ3v) is 3.87. The molecule has 0 spiro atoms. The van der Waals surface area contributed by atoms with Gasteiger partial charge < -0.3 is 10.8 Å². The molecule has 0 amide bonds. The molecule has 2 aromatic rings. The first-order chi connectivity index (χ1) is 9.79. The van der Waals surface area contributed by atoms with Crippen LogP contribution in [-0.4, -0.2) is 33.1 Å². The largest absolute Gasteiger partial charge is 0.394 e. The van der Waals surface area contributed by atoms with Crippen LogP contribution in [0.15, 0.2) is 36.7 Å². The summed E-state index contributed by atoms with van der Waals surface area (Å²) >= 11 is 0. The van der Waals surface area contributed by atoms with Crippen molar-refractivity contribution in [2.75, 3.05) is 18.9 Å². The summed E-state index contributed by atoms with van der Waals surface area (Å²) in [6, 6.07) is 10.1. The summed E-state index contributed by atoms with van der Waals surface area (Å²) in [4.78, 5) is 10.6. The Kier molecular flexibility index (Phi) is 3.62. The number of benzene rings is 1. The summed E-state index contributed by atoms with van der Waals surface area (Å²) in [6.07, 6.45) is 2.33. The highest BCUT2D eigenvalue weighted by molar-refractivity contribution is 5.42. The van der Waals surface area contributed by atoms with E-state index < -0.39 is 0 Å². The van der Waals surface area contributed by atoms with Crippen LogP contribution in [0.5, 0.6) is 0 Å². The molecule has 5 nitrogen and oxygen atoms in total. The van der Waals surface area contributed by atoms with Gasteiger partial charge in [0, 0.05) is 18.7 Å². The number of nitrogens with zero attached hydrogens (tertiary/aromatic N) is 3. The average Bonchev–Trinajstić information content (AvgIpc) is 2.49. The summed E-state index contributed by atoms with van der Waals surface area (Å²) < 4.78 is 0. The van der Waals surface area contributed by atoms with Crippen molar-refractivity contribution in [3.8, 4) is 0 Å². The number of aliphatic hydroxyl groups is 1. The van der Waals surface area contributed by atoms with Gasteiger partial charge >= 0.3 is 0 Å². The lowest BCUT2D eigenvalue weighted by molar-refractivity contribution is 0.110. The highest BCUT2D eigenvalue weighted by Crippen LogP contribution is 2.28. The molecule has 0 radical (unpaired) electrons. The van der Waals surface area contributed by atoms with Crippen molar-refractivity contribution in [2.45, 2.75) is 19.0 Å². The van der Waals surface area contributed by atoms with Crippen LogP contribution in [0.2, 0.25) is 0 Å². The zero-order chi connectivity index (χ0) is 13.9. The van der Waals surface area contributed by atoms with Gasteiger partial charge in [-0.1, -0.05) is 30.3 Å². The van der Waals surface area contributed by atoms with E-state index in [1.807, 2.05) is 30.3 Å². The second-order valence-electron chi connectivity index (χ2n) is 5.01. The van der Waals surface area contributed by atoms with E-state index in [1.54, 1.807) is 0 Å². The van der Waals surface area contributed by atoms with Crippen LogP contribution in [0, 0.1) is 0 Å². The Bertz CT molecular complexity index is 588. The molecule has 3 N–H and O–H groups in total. The molecule has 2 heterocycles. The first kappa shape index (κ1) is 13.0. The minimum absolute atomic E-state index is 0.000500. The normalized spacial score (nSPS) is 16.6. The Morgan fingerprint density at radius 1 is 1.25 bits per heavy atom. The van der Waals surface area contributed by atoms with E-state index in [2.05, 4.69) is 14.9 Å². The smallest absolute Gasteiger partial charge is 0.130 e. The number of aliphatic hydroxyl groups excluding tert-OH is 1. The predicted octanol–water partition coefficient (Wildman–Crippen LogP) is 1.15. The fourth-order valence-corrected chi connectivity index (χ4v) is 2.77. The van der Waals surface area contributed by atoms with E-state index in [-0.39, 0.29) is 12.6 Å². The molecule has 20 heavy (non-hydrogen) atoms. The number of fused-ring (bicyclic) bond motifs is 1. The fraction of sp³-hybridized carbons (Fsp3) is 0.333. The zero-order valence-electron chi connectivity index (χ0n) is 11.2. The van der Waals surface area contributed by atoms with Crippen molar-refractivity contribution in [3.05, 3.63) is 53.5 Å². The Morgan fingerprint density at radius 3 is 2.80 bits per heavy atom. The number of rotatable bonds is 3. The molecule has 0 bridgehead atoms. The minimum atomic E-state index is 0.000500. The second-order valence-corrected chi connectivity index (χ2v) is 5.01. The highest BCUT2D eigenvalue weighted by atomic mass is 16.3. The van der Waals surface area contributed by atoms with Gasteiger partial charge in [0.2, 0.25) is 0 Å². The maximum absolute atomic E-state index is 9.74. The lowest BCUT2D eigenvalue weighted by Gasteiger charge is -2.34. The molecule has 0 aliphatic carbocycles. The Balaban J connectivity index is 1.85. The SMILES string of the molecule is Nc1ncnc2c1CCN(C(CO)c1ccccc1)C2. The minimum Gasteiger partial charge on any atom is -0.394 e. The number of hydrogen-bond donors (Lipinski definition) is 2. The van der Waals surface area contributed by atoms with Crippen molar-refractivity contribution < 1.29 is 5.11 Å². The maximum atomic E-state index is 9.74. The Hall–Kier alpha value is -1.98. The molecule has 1 aromatic carbocycles. The summed E-state index contributed by atoms with van der Waals surface area (Å²) in [6.45, 7) is 1.65. The summed E-state index contributed by atoms with van der Waals surface area (Å²) in [5, 5.41) is 9.74. The Labute approximate surface area is 118 Å². The molecule has 0 saturated carbocycles. The van der Waals surface area contributed by atoms with Crippen LogP contribution in [-0.2, 0) is 13.0 Å². The van der Waals surface area contributed by atoms with Gasteiger partial charge in [-0.15, -0.1) is 0 Å². The lowest BCUT2D eigenvalue weighted by Crippen LogP contribution is -2.36. The van der Waals surface area contributed by atoms with E-state index in [0.29, 0.717) is 12.4 Å². The molecular weight excluding hydrogens is 252 g/mol. The van der Waals surface area contributed by atoms with Crippen molar-refractivity contribution >= 4 is 5.82 Å². The first-order valence-electron chi connectivity index (χ1n) is 6.77. The van der Waals surface area contributed by atoms with Crippen LogP contribution in [0.1, 0.15) is 22.9 Å². The standard InChI is InChI=1S/C15H18N4O/c16-15-12-6-7-19(8-13(12)17-10-18-15)14(9-20)11-4-2-1-3-5-11/h1-5,10,14,20H,6-9H2,(H2,16,17,18). The summed E-state index contributed by atoms with van der Waals surface area (Å²) in [7, 11) is 0. The zero-order valence-corrected chi connectivity index (χ0v) is 11.2. The monoisotopic (exact) mass is 270 g/mol. The Morgan fingerprint density at radius 2 is 2.05 bits per heavy atom. The van der Waals surface area contributed by atoms with Gasteiger partial charge in [-0.25, -0.2) is 9.97 Å². The van der Waals surface area contributed by atoms with Gasteiger partial charge in [0.15, 0.2) is 0 Å². The van der Waals surface area contributed by atoms with E-state index in [4.69, 9.17) is 5.73 Å². The predicted molar refractivity (Wildman–Crippen MR) is 76.8 cm³/mol. The molecule has 1 aliphatic heterocycles. The van der Waals surface area contributed by atoms with Gasteiger partial charge in [0.1, 0.15) is 12.1 Å². The van der Waals surface area contributed by atoms with Crippen LogP contribution in [0.25, 0.3) is 0 Å². The number of hydrogen-bond acceptors (Lipinski definition) is 5. The molecule has 1 unspecified atom stereocenters. The fourth-order valence-electron chi connectivity index (χ4n) is 2.77. The van der Waals surface area contributed by atoms with Crippen molar-refractivity contribution in [3.63, 3.8) is 0 Å². The topological polar surface area (TPSA) is 75.3 Å². The van der Waals surface area contributed by atoms with Gasteiger partial charge in [-0.05, 0) is 12.0 Å². The third kappa shape index (κ3) is 2.37. The first-order valence-corrected chi connectivity index (χ1v) is 6.77. The molecule has 1 aliphatic rings. The average molecular weight is 270 g/mol. The molecule has 5 heteroatoms. The van der Waals surface area contributed by atoms with Crippen molar-refractivity contribution in [1.82, 2.24) is 14.9 Å². The lowest BCUT2D eigenvalue weighted by atomic mass is 10.0. The van der Waals surface area contributed by atoms with E-state index >= 15 is 0 Å². The van der Waals surface area contributed by atoms with Gasteiger partial charge in [-0.3, -0.25) is 4.90 Å². The van der Waals surface area contributed by atoms with Crippen molar-refractivity contribution in [1.29, 1.82) is 0 Å². The molecule has 1 aromatic heterocycles. The number of aromatic nitrogens is 2. The van der Waals surface area contributed by atoms with Crippen molar-refractivity contribution in [2.24, 2.45) is 0 Å². The number of anilines is 1. The maximum Gasteiger partial charge on any atom is 0.130 e. The molecule has 0 saturated heterocycles. The van der Waals surface area contributed by atoms with Crippen LogP contribution >= 0.6 is 0 Å². The molecule has 104 valence electrons. The van der Waals surface area contributed by atoms with Crippen LogP contribution in [0.4, 0.5) is 5.82 Å². The molecule has 0 fully saturated rings. The molecule has 3 rings (SSSR count). The molecule has 1 atom stereocenters. The van der Waals surface area contributed by atoms with Crippen LogP contribution in [0.3, 0.4) is 0 Å². The highest BCUT2D eigenvalue weighted by Gasteiger charge is 2.26. The van der Waals surface area contributed by atoms with E-state index in [9.17, 15) is 5.11 Å². The quantitative estimate of drug-likeness (QED) is 0.875. The number of nitrogen functional groups attached to an aromatic ring is 1. The van der Waals surface area contributed by atoms with E-state index in [1.165, 1.54) is 6.33 Å². The van der Waals surface area contributed by atoms with Gasteiger partial charge in [0.05, 0.1) is 18.3 Å². The number of nitrogens with two attached hydrogens (primary N) is 1. The van der Waals surface area contributed by atoms with Gasteiger partial charge in [0.25, 0.3) is 0 Å². The van der Waals surface area contributed by atoms with Crippen LogP contribution < -0.4 is 5.73 Å².